The van der Waals surface area contributed by atoms with Crippen LogP contribution in [0.2, 0.25) is 0 Å². The molecule has 0 saturated heterocycles. The minimum atomic E-state index is -0.940. The van der Waals surface area contributed by atoms with Crippen molar-refractivity contribution in [3.05, 3.63) is 59.7 Å². The molecule has 1 aliphatic rings. The average molecular weight is 322 g/mol. The van der Waals surface area contributed by atoms with E-state index in [1.165, 1.54) is 0 Å². The number of benzene rings is 2. The lowest BCUT2D eigenvalue weighted by atomic mass is 10.0. The molecule has 0 aromatic heterocycles. The van der Waals surface area contributed by atoms with Crippen LogP contribution >= 0.6 is 0 Å². The highest BCUT2D eigenvalue weighted by atomic mass is 16.2. The largest absolute Gasteiger partial charge is 0.325 e. The highest BCUT2D eigenvalue weighted by molar-refractivity contribution is 6.17. The molecule has 1 fully saturated rings. The van der Waals surface area contributed by atoms with Crippen molar-refractivity contribution in [1.82, 2.24) is 0 Å². The summed E-state index contributed by atoms with van der Waals surface area (Å²) in [6.07, 6.45) is 2.01. The Labute approximate surface area is 142 Å². The van der Waals surface area contributed by atoms with Gasteiger partial charge in [0.05, 0.1) is 0 Å². The first-order chi connectivity index (χ1) is 11.5. The number of hydrogen-bond acceptors (Lipinski definition) is 2. The van der Waals surface area contributed by atoms with Gasteiger partial charge in [0.25, 0.3) is 0 Å². The summed E-state index contributed by atoms with van der Waals surface area (Å²) in [5.41, 5.74) is 2.72. The molecule has 4 nitrogen and oxygen atoms in total. The molecule has 0 unspecified atom stereocenters. The molecule has 4 heteroatoms. The Morgan fingerprint density at radius 3 is 2.38 bits per heavy atom. The standard InChI is InChI=1S/C20H22N2O2/c1-3-15-8-4-5-10-17(15)22-19(24)20(11-12-20)18(23)21-16-9-6-7-14(2)13-16/h4-10,13H,3,11-12H2,1-2H3,(H,21,23)(H,22,24). The monoisotopic (exact) mass is 322 g/mol. The summed E-state index contributed by atoms with van der Waals surface area (Å²) in [6, 6.07) is 15.3. The van der Waals surface area contributed by atoms with Crippen LogP contribution in [-0.2, 0) is 16.0 Å². The van der Waals surface area contributed by atoms with Crippen molar-refractivity contribution in [3.63, 3.8) is 0 Å². The first kappa shape index (κ1) is 16.2. The highest BCUT2D eigenvalue weighted by Gasteiger charge is 2.56. The number of nitrogens with one attached hydrogen (secondary N) is 2. The number of amides is 2. The van der Waals surface area contributed by atoms with Gasteiger partial charge in [0.1, 0.15) is 5.41 Å². The van der Waals surface area contributed by atoms with Gasteiger partial charge in [-0.15, -0.1) is 0 Å². The molecule has 3 rings (SSSR count). The van der Waals surface area contributed by atoms with Gasteiger partial charge >= 0.3 is 0 Å². The van der Waals surface area contributed by atoms with E-state index in [1.54, 1.807) is 0 Å². The molecule has 1 saturated carbocycles. The minimum Gasteiger partial charge on any atom is -0.325 e. The molecule has 124 valence electrons. The van der Waals surface area contributed by atoms with E-state index in [2.05, 4.69) is 10.6 Å². The smallest absolute Gasteiger partial charge is 0.240 e. The quantitative estimate of drug-likeness (QED) is 0.820. The van der Waals surface area contributed by atoms with Crippen LogP contribution in [0.3, 0.4) is 0 Å². The molecule has 24 heavy (non-hydrogen) atoms. The summed E-state index contributed by atoms with van der Waals surface area (Å²) in [5.74, 6) is -0.437. The van der Waals surface area contributed by atoms with Gasteiger partial charge in [0.15, 0.2) is 0 Å². The van der Waals surface area contributed by atoms with Crippen LogP contribution < -0.4 is 10.6 Å². The van der Waals surface area contributed by atoms with Gasteiger partial charge in [0, 0.05) is 11.4 Å². The van der Waals surface area contributed by atoms with E-state index in [9.17, 15) is 9.59 Å². The molecule has 2 N–H and O–H groups in total. The lowest BCUT2D eigenvalue weighted by Gasteiger charge is -2.17. The second-order valence-corrected chi connectivity index (χ2v) is 6.37. The highest BCUT2D eigenvalue weighted by Crippen LogP contribution is 2.47. The maximum Gasteiger partial charge on any atom is 0.240 e. The van der Waals surface area contributed by atoms with Crippen molar-refractivity contribution in [2.45, 2.75) is 33.1 Å². The number of para-hydroxylation sites is 1. The van der Waals surface area contributed by atoms with Crippen molar-refractivity contribution in [2.75, 3.05) is 10.6 Å². The SMILES string of the molecule is CCc1ccccc1NC(=O)C1(C(=O)Nc2cccc(C)c2)CC1. The van der Waals surface area contributed by atoms with Crippen LogP contribution in [-0.4, -0.2) is 11.8 Å². The van der Waals surface area contributed by atoms with E-state index in [0.29, 0.717) is 12.8 Å². The first-order valence-corrected chi connectivity index (χ1v) is 8.32. The molecular weight excluding hydrogens is 300 g/mol. The molecule has 0 radical (unpaired) electrons. The number of anilines is 2. The average Bonchev–Trinajstić information content (AvgIpc) is 3.37. The van der Waals surface area contributed by atoms with Gasteiger partial charge in [-0.2, -0.15) is 0 Å². The third kappa shape index (κ3) is 3.18. The molecule has 2 amide bonds. The van der Waals surface area contributed by atoms with Crippen molar-refractivity contribution in [3.8, 4) is 0 Å². The lowest BCUT2D eigenvalue weighted by molar-refractivity contribution is -0.131. The Bertz CT molecular complexity index is 779. The molecule has 0 heterocycles. The van der Waals surface area contributed by atoms with Gasteiger partial charge in [-0.1, -0.05) is 37.3 Å². The zero-order valence-electron chi connectivity index (χ0n) is 14.1. The Hall–Kier alpha value is -2.62. The van der Waals surface area contributed by atoms with Crippen molar-refractivity contribution >= 4 is 23.2 Å². The second kappa shape index (κ2) is 6.48. The van der Waals surface area contributed by atoms with Gasteiger partial charge in [-0.3, -0.25) is 9.59 Å². The van der Waals surface area contributed by atoms with Crippen LogP contribution in [0.4, 0.5) is 11.4 Å². The molecular formula is C20H22N2O2. The Balaban J connectivity index is 1.73. The third-order valence-electron chi connectivity index (χ3n) is 4.54. The molecule has 0 aliphatic heterocycles. The van der Waals surface area contributed by atoms with E-state index < -0.39 is 5.41 Å². The summed E-state index contributed by atoms with van der Waals surface area (Å²) in [4.78, 5) is 25.3. The summed E-state index contributed by atoms with van der Waals surface area (Å²) >= 11 is 0. The van der Waals surface area contributed by atoms with Crippen LogP contribution in [0.15, 0.2) is 48.5 Å². The van der Waals surface area contributed by atoms with Gasteiger partial charge in [-0.25, -0.2) is 0 Å². The van der Waals surface area contributed by atoms with E-state index in [-0.39, 0.29) is 11.8 Å². The molecule has 2 aromatic carbocycles. The predicted octanol–water partition coefficient (Wildman–Crippen LogP) is 3.91. The molecule has 2 aromatic rings. The van der Waals surface area contributed by atoms with E-state index in [4.69, 9.17) is 0 Å². The number of carbonyl (C=O) groups is 2. The molecule has 0 spiro atoms. The maximum absolute atomic E-state index is 12.7. The summed E-state index contributed by atoms with van der Waals surface area (Å²) in [5, 5.41) is 5.82. The van der Waals surface area contributed by atoms with Crippen molar-refractivity contribution in [2.24, 2.45) is 5.41 Å². The van der Waals surface area contributed by atoms with E-state index in [0.717, 1.165) is 28.9 Å². The zero-order valence-corrected chi connectivity index (χ0v) is 14.1. The summed E-state index contributed by atoms with van der Waals surface area (Å²) in [7, 11) is 0. The van der Waals surface area contributed by atoms with E-state index in [1.807, 2.05) is 62.4 Å². The van der Waals surface area contributed by atoms with Crippen molar-refractivity contribution < 1.29 is 9.59 Å². The zero-order chi connectivity index (χ0) is 17.2. The van der Waals surface area contributed by atoms with Gasteiger partial charge in [-0.05, 0) is 55.5 Å². The lowest BCUT2D eigenvalue weighted by Crippen LogP contribution is -2.35. The number of hydrogen-bond donors (Lipinski definition) is 2. The summed E-state index contributed by atoms with van der Waals surface area (Å²) in [6.45, 7) is 4.01. The minimum absolute atomic E-state index is 0.214. The fourth-order valence-corrected chi connectivity index (χ4v) is 2.85. The predicted molar refractivity (Wildman–Crippen MR) is 95.9 cm³/mol. The number of rotatable bonds is 5. The fourth-order valence-electron chi connectivity index (χ4n) is 2.85. The van der Waals surface area contributed by atoms with Crippen LogP contribution in [0.25, 0.3) is 0 Å². The molecule has 0 atom stereocenters. The second-order valence-electron chi connectivity index (χ2n) is 6.37. The molecule has 1 aliphatic carbocycles. The van der Waals surface area contributed by atoms with E-state index >= 15 is 0 Å². The third-order valence-corrected chi connectivity index (χ3v) is 4.54. The maximum atomic E-state index is 12.7. The van der Waals surface area contributed by atoms with Gasteiger partial charge < -0.3 is 10.6 Å². The fraction of sp³-hybridized carbons (Fsp3) is 0.300. The normalized spacial score (nSPS) is 14.8. The molecule has 0 bridgehead atoms. The summed E-state index contributed by atoms with van der Waals surface area (Å²) < 4.78 is 0. The Morgan fingerprint density at radius 2 is 1.71 bits per heavy atom. The van der Waals surface area contributed by atoms with Gasteiger partial charge in [0.2, 0.25) is 11.8 Å². The number of carbonyl (C=O) groups excluding carboxylic acids is 2. The first-order valence-electron chi connectivity index (χ1n) is 8.32. The number of aryl methyl sites for hydroxylation is 2. The van der Waals surface area contributed by atoms with Crippen LogP contribution in [0.5, 0.6) is 0 Å². The van der Waals surface area contributed by atoms with Crippen LogP contribution in [0.1, 0.15) is 30.9 Å². The topological polar surface area (TPSA) is 58.2 Å². The van der Waals surface area contributed by atoms with Crippen molar-refractivity contribution in [1.29, 1.82) is 0 Å². The Kier molecular flexibility index (Phi) is 4.38. The van der Waals surface area contributed by atoms with Crippen LogP contribution in [0, 0.1) is 12.3 Å². The Morgan fingerprint density at radius 1 is 1.00 bits per heavy atom.